The number of fused-ring (bicyclic) bond motifs is 2. The van der Waals surface area contributed by atoms with Gasteiger partial charge in [0.05, 0.1) is 19.6 Å². The molecule has 4 aromatic rings. The third-order valence-corrected chi connectivity index (χ3v) is 10.3. The van der Waals surface area contributed by atoms with Gasteiger partial charge in [0, 0.05) is 43.4 Å². The van der Waals surface area contributed by atoms with Crippen LogP contribution in [-0.4, -0.2) is 53.5 Å². The Morgan fingerprint density at radius 2 is 1.54 bits per heavy atom. The number of ether oxygens (including phenoxy) is 1. The molecule has 2 aliphatic carbocycles. The van der Waals surface area contributed by atoms with E-state index >= 15 is 0 Å². The fourth-order valence-electron chi connectivity index (χ4n) is 7.81. The summed E-state index contributed by atoms with van der Waals surface area (Å²) in [5.41, 5.74) is 5.52. The molecule has 0 unspecified atom stereocenters. The Morgan fingerprint density at radius 3 is 2.26 bits per heavy atom. The molecule has 7 rings (SSSR count). The third-order valence-electron chi connectivity index (χ3n) is 10.3. The molecule has 3 atom stereocenters. The number of rotatable bonds is 8. The van der Waals surface area contributed by atoms with Crippen LogP contribution in [-0.2, 0) is 40.1 Å². The molecule has 2 heterocycles. The zero-order valence-electron chi connectivity index (χ0n) is 26.3. The molecule has 2 fully saturated rings. The molecule has 1 saturated heterocycles. The van der Waals surface area contributed by atoms with Gasteiger partial charge >= 0.3 is 0 Å². The molecule has 3 aliphatic rings. The van der Waals surface area contributed by atoms with Crippen LogP contribution in [0.5, 0.6) is 0 Å². The van der Waals surface area contributed by atoms with Crippen LogP contribution in [0.2, 0.25) is 0 Å². The minimum Gasteiger partial charge on any atom is -0.378 e. The second-order valence-electron chi connectivity index (χ2n) is 13.1. The molecule has 3 aromatic carbocycles. The number of amides is 2. The van der Waals surface area contributed by atoms with E-state index in [2.05, 4.69) is 51.6 Å². The van der Waals surface area contributed by atoms with Crippen molar-refractivity contribution in [3.8, 4) is 0 Å². The third kappa shape index (κ3) is 6.42. The second-order valence-corrected chi connectivity index (χ2v) is 13.1. The first kappa shape index (κ1) is 30.2. The lowest BCUT2D eigenvalue weighted by Crippen LogP contribution is -2.62. The fourth-order valence-corrected chi connectivity index (χ4v) is 7.81. The highest BCUT2D eigenvalue weighted by molar-refractivity contribution is 6.01. The van der Waals surface area contributed by atoms with Gasteiger partial charge in [-0.2, -0.15) is 0 Å². The van der Waals surface area contributed by atoms with Gasteiger partial charge in [0.25, 0.3) is 0 Å². The van der Waals surface area contributed by atoms with E-state index < -0.39 is 5.54 Å². The molecule has 1 N–H and O–H groups in total. The average molecular weight is 615 g/mol. The number of hydrogen-bond acceptors (Lipinski definition) is 5. The van der Waals surface area contributed by atoms with Gasteiger partial charge in [-0.1, -0.05) is 60.7 Å². The lowest BCUT2D eigenvalue weighted by Gasteiger charge is -2.51. The van der Waals surface area contributed by atoms with Crippen LogP contribution in [0.1, 0.15) is 41.5 Å². The van der Waals surface area contributed by atoms with Crippen molar-refractivity contribution in [1.82, 2.24) is 9.88 Å². The van der Waals surface area contributed by atoms with Gasteiger partial charge in [-0.15, -0.1) is 0 Å². The lowest BCUT2D eigenvalue weighted by molar-refractivity contribution is -0.150. The number of carbonyl (C=O) groups excluding carboxylic acids is 2. The molecule has 2 amide bonds. The Balaban J connectivity index is 1.23. The molecular weight excluding hydrogens is 572 g/mol. The van der Waals surface area contributed by atoms with Crippen molar-refractivity contribution >= 4 is 23.2 Å². The number of nitrogens with one attached hydrogen (secondary N) is 1. The largest absolute Gasteiger partial charge is 0.378 e. The van der Waals surface area contributed by atoms with E-state index in [-0.39, 0.29) is 18.2 Å². The van der Waals surface area contributed by atoms with E-state index in [1.54, 1.807) is 12.4 Å². The monoisotopic (exact) mass is 614 g/mol. The quantitative estimate of drug-likeness (QED) is 0.260. The maximum absolute atomic E-state index is 14.8. The number of benzene rings is 3. The number of hydrogen-bond donors (Lipinski definition) is 1. The molecular formula is C39H42N4O3. The summed E-state index contributed by atoms with van der Waals surface area (Å²) in [6.07, 6.45) is 7.89. The van der Waals surface area contributed by atoms with E-state index in [0.29, 0.717) is 31.2 Å². The summed E-state index contributed by atoms with van der Waals surface area (Å²) in [4.78, 5) is 37.8. The molecule has 0 spiro atoms. The molecule has 0 bridgehead atoms. The van der Waals surface area contributed by atoms with E-state index in [9.17, 15) is 9.59 Å². The zero-order valence-corrected chi connectivity index (χ0v) is 26.3. The van der Waals surface area contributed by atoms with Gasteiger partial charge in [-0.25, -0.2) is 0 Å². The zero-order chi connectivity index (χ0) is 31.3. The van der Waals surface area contributed by atoms with Gasteiger partial charge in [-0.05, 0) is 96.5 Å². The summed E-state index contributed by atoms with van der Waals surface area (Å²) in [6.45, 7) is 3.48. The van der Waals surface area contributed by atoms with Crippen molar-refractivity contribution < 1.29 is 14.3 Å². The number of nitrogens with zero attached hydrogens (tertiary/aromatic N) is 3. The van der Waals surface area contributed by atoms with Crippen molar-refractivity contribution in [2.24, 2.45) is 11.8 Å². The van der Waals surface area contributed by atoms with Gasteiger partial charge in [0.2, 0.25) is 11.8 Å². The topological polar surface area (TPSA) is 74.8 Å². The van der Waals surface area contributed by atoms with Gasteiger partial charge in [0.15, 0.2) is 0 Å². The minimum atomic E-state index is -1.00. The highest BCUT2D eigenvalue weighted by Crippen LogP contribution is 2.47. The Bertz CT molecular complexity index is 1640. The first-order valence-electron chi connectivity index (χ1n) is 16.6. The second kappa shape index (κ2) is 13.5. The number of aromatic nitrogens is 1. The Labute approximate surface area is 271 Å². The number of morpholine rings is 1. The van der Waals surface area contributed by atoms with Crippen molar-refractivity contribution in [2.45, 2.75) is 50.6 Å². The molecule has 236 valence electrons. The highest BCUT2D eigenvalue weighted by atomic mass is 16.5. The predicted octanol–water partition coefficient (Wildman–Crippen LogP) is 6.08. The number of anilines is 2. The Hall–Kier alpha value is -4.49. The Morgan fingerprint density at radius 1 is 0.848 bits per heavy atom. The van der Waals surface area contributed by atoms with Crippen LogP contribution in [0.15, 0.2) is 103 Å². The molecule has 7 heteroatoms. The summed E-state index contributed by atoms with van der Waals surface area (Å²) >= 11 is 0. The lowest BCUT2D eigenvalue weighted by atomic mass is 9.62. The number of pyridine rings is 1. The molecule has 1 saturated carbocycles. The first-order chi connectivity index (χ1) is 22.6. The van der Waals surface area contributed by atoms with Crippen molar-refractivity contribution in [1.29, 1.82) is 0 Å². The Kier molecular flexibility index (Phi) is 8.84. The smallest absolute Gasteiger partial charge is 0.250 e. The van der Waals surface area contributed by atoms with E-state index in [1.165, 1.54) is 11.1 Å². The van der Waals surface area contributed by atoms with Gasteiger partial charge in [-0.3, -0.25) is 14.6 Å². The van der Waals surface area contributed by atoms with Crippen molar-refractivity contribution in [2.75, 3.05) is 36.5 Å². The van der Waals surface area contributed by atoms with Crippen LogP contribution in [0.25, 0.3) is 0 Å². The van der Waals surface area contributed by atoms with Gasteiger partial charge in [0.1, 0.15) is 5.54 Å². The van der Waals surface area contributed by atoms with Gasteiger partial charge < -0.3 is 19.9 Å². The maximum Gasteiger partial charge on any atom is 0.250 e. The SMILES string of the molecule is O=C(Cc1ccccc1)N(Cc1cccnc1)[C@]1(C(=O)Nc2ccc(N3CCOCC3)cc2)CC[C@H]2Cc3ccccc3C[C@@H]2C1. The standard InChI is InChI=1S/C39H42N4O3/c44-37(23-29-7-2-1-3-8-29)43(28-30-9-6-18-40-27-30)39(17-16-33-24-31-10-4-5-11-32(31)25-34(33)26-39)38(45)41-35-12-14-36(15-13-35)42-19-21-46-22-20-42/h1-15,18,27,33-34H,16-17,19-26,28H2,(H,41,45)/t33-,34+,39+/m0/s1. The molecule has 0 radical (unpaired) electrons. The van der Waals surface area contributed by atoms with Crippen molar-refractivity contribution in [3.05, 3.63) is 126 Å². The molecule has 46 heavy (non-hydrogen) atoms. The van der Waals surface area contributed by atoms with Crippen molar-refractivity contribution in [3.63, 3.8) is 0 Å². The molecule has 1 aliphatic heterocycles. The minimum absolute atomic E-state index is 0.0393. The van der Waals surface area contributed by atoms with E-state index in [0.717, 1.165) is 68.1 Å². The average Bonchev–Trinajstić information content (AvgIpc) is 3.11. The normalized spacial score (nSPS) is 22.3. The summed E-state index contributed by atoms with van der Waals surface area (Å²) in [7, 11) is 0. The summed E-state index contributed by atoms with van der Waals surface area (Å²) < 4.78 is 5.52. The fraction of sp³-hybridized carbons (Fsp3) is 0.359. The van der Waals surface area contributed by atoms with Crippen LogP contribution in [0.3, 0.4) is 0 Å². The molecule has 7 nitrogen and oxygen atoms in total. The number of carbonyl (C=O) groups is 2. The summed E-state index contributed by atoms with van der Waals surface area (Å²) in [5.74, 6) is 0.656. The summed E-state index contributed by atoms with van der Waals surface area (Å²) in [5, 5.41) is 3.29. The van der Waals surface area contributed by atoms with Crippen LogP contribution >= 0.6 is 0 Å². The summed E-state index contributed by atoms with van der Waals surface area (Å²) in [6, 6.07) is 30.6. The predicted molar refractivity (Wildman–Crippen MR) is 180 cm³/mol. The van der Waals surface area contributed by atoms with Crippen LogP contribution in [0, 0.1) is 11.8 Å². The maximum atomic E-state index is 14.8. The van der Waals surface area contributed by atoms with Crippen LogP contribution in [0.4, 0.5) is 11.4 Å². The van der Waals surface area contributed by atoms with Crippen LogP contribution < -0.4 is 10.2 Å². The molecule has 1 aromatic heterocycles. The first-order valence-corrected chi connectivity index (χ1v) is 16.6. The highest BCUT2D eigenvalue weighted by Gasteiger charge is 2.52. The van der Waals surface area contributed by atoms with E-state index in [4.69, 9.17) is 4.74 Å². The van der Waals surface area contributed by atoms with E-state index in [1.807, 2.05) is 59.5 Å².